The first-order valence-electron chi connectivity index (χ1n) is 8.75. The number of nitrogens with one attached hydrogen (secondary N) is 1. The lowest BCUT2D eigenvalue weighted by molar-refractivity contribution is -0.189. The van der Waals surface area contributed by atoms with Crippen LogP contribution in [0.5, 0.6) is 0 Å². The number of benzene rings is 1. The summed E-state index contributed by atoms with van der Waals surface area (Å²) in [6.07, 6.45) is 10.2. The van der Waals surface area contributed by atoms with Crippen molar-refractivity contribution in [1.82, 2.24) is 5.32 Å². The molecule has 1 aromatic carbocycles. The van der Waals surface area contributed by atoms with Crippen LogP contribution in [0.1, 0.15) is 62.8 Å². The van der Waals surface area contributed by atoms with Crippen LogP contribution in [0.2, 0.25) is 0 Å². The average Bonchev–Trinajstić information content (AvgIpc) is 2.96. The Morgan fingerprint density at radius 3 is 2.14 bits per heavy atom. The molecular formula is C19H27NO. The second-order valence-corrected chi connectivity index (χ2v) is 7.46. The van der Waals surface area contributed by atoms with Crippen LogP contribution in [0.4, 0.5) is 0 Å². The number of hydrogen-bond acceptors (Lipinski definition) is 2. The lowest BCUT2D eigenvalue weighted by Crippen LogP contribution is -2.60. The van der Waals surface area contributed by atoms with E-state index in [1.807, 2.05) is 0 Å². The van der Waals surface area contributed by atoms with Crippen molar-refractivity contribution < 1.29 is 4.74 Å². The van der Waals surface area contributed by atoms with Crippen molar-refractivity contribution in [2.75, 3.05) is 13.1 Å². The lowest BCUT2D eigenvalue weighted by atomic mass is 9.74. The predicted octanol–water partition coefficient (Wildman–Crippen LogP) is 4.02. The first-order chi connectivity index (χ1) is 10.3. The van der Waals surface area contributed by atoms with E-state index in [1.54, 1.807) is 0 Å². The summed E-state index contributed by atoms with van der Waals surface area (Å²) in [6, 6.07) is 11.0. The summed E-state index contributed by atoms with van der Waals surface area (Å²) in [4.78, 5) is 0. The summed E-state index contributed by atoms with van der Waals surface area (Å²) >= 11 is 0. The third-order valence-corrected chi connectivity index (χ3v) is 6.01. The molecule has 1 saturated heterocycles. The van der Waals surface area contributed by atoms with Gasteiger partial charge >= 0.3 is 0 Å². The number of morpholine rings is 1. The minimum Gasteiger partial charge on any atom is -0.366 e. The molecule has 114 valence electrons. The van der Waals surface area contributed by atoms with Gasteiger partial charge in [-0.25, -0.2) is 0 Å². The Morgan fingerprint density at radius 1 is 0.857 bits per heavy atom. The highest BCUT2D eigenvalue weighted by Crippen LogP contribution is 2.46. The third kappa shape index (κ3) is 2.64. The largest absolute Gasteiger partial charge is 0.366 e. The molecule has 0 aromatic heterocycles. The lowest BCUT2D eigenvalue weighted by Gasteiger charge is -2.50. The summed E-state index contributed by atoms with van der Waals surface area (Å²) in [6.45, 7) is 2.15. The van der Waals surface area contributed by atoms with Crippen LogP contribution in [0, 0.1) is 0 Å². The van der Waals surface area contributed by atoms with Crippen LogP contribution in [-0.4, -0.2) is 24.3 Å². The van der Waals surface area contributed by atoms with E-state index in [2.05, 4.69) is 35.6 Å². The zero-order valence-electron chi connectivity index (χ0n) is 12.9. The van der Waals surface area contributed by atoms with Gasteiger partial charge in [-0.05, 0) is 50.0 Å². The highest BCUT2D eigenvalue weighted by molar-refractivity contribution is 5.20. The molecule has 3 aliphatic rings. The van der Waals surface area contributed by atoms with Gasteiger partial charge in [-0.3, -0.25) is 0 Å². The van der Waals surface area contributed by atoms with E-state index < -0.39 is 0 Å². The van der Waals surface area contributed by atoms with Gasteiger partial charge in [-0.1, -0.05) is 43.2 Å². The predicted molar refractivity (Wildman–Crippen MR) is 85.5 cm³/mol. The van der Waals surface area contributed by atoms with Crippen molar-refractivity contribution in [2.45, 2.75) is 68.5 Å². The maximum absolute atomic E-state index is 6.79. The molecule has 1 aliphatic heterocycles. The summed E-state index contributed by atoms with van der Waals surface area (Å²) in [5, 5.41) is 3.71. The molecule has 0 radical (unpaired) electrons. The van der Waals surface area contributed by atoms with Gasteiger partial charge in [-0.2, -0.15) is 0 Å². The Bertz CT molecular complexity index is 470. The molecule has 2 aliphatic carbocycles. The second-order valence-electron chi connectivity index (χ2n) is 7.46. The van der Waals surface area contributed by atoms with Gasteiger partial charge in [0, 0.05) is 13.1 Å². The van der Waals surface area contributed by atoms with E-state index in [0.717, 1.165) is 19.0 Å². The third-order valence-electron chi connectivity index (χ3n) is 6.01. The topological polar surface area (TPSA) is 21.3 Å². The molecule has 21 heavy (non-hydrogen) atoms. The molecule has 1 N–H and O–H groups in total. The molecule has 0 bridgehead atoms. The van der Waals surface area contributed by atoms with E-state index in [9.17, 15) is 0 Å². The van der Waals surface area contributed by atoms with E-state index >= 15 is 0 Å². The molecule has 3 fully saturated rings. The molecule has 0 amide bonds. The van der Waals surface area contributed by atoms with Crippen LogP contribution in [-0.2, 0) is 4.74 Å². The van der Waals surface area contributed by atoms with Gasteiger partial charge in [0.25, 0.3) is 0 Å². The minimum absolute atomic E-state index is 0.133. The number of hydrogen-bond donors (Lipinski definition) is 1. The van der Waals surface area contributed by atoms with Gasteiger partial charge in [-0.15, -0.1) is 0 Å². The fourth-order valence-electron chi connectivity index (χ4n) is 4.83. The first-order valence-corrected chi connectivity index (χ1v) is 8.75. The van der Waals surface area contributed by atoms with Crippen molar-refractivity contribution in [3.8, 4) is 0 Å². The van der Waals surface area contributed by atoms with Crippen LogP contribution < -0.4 is 5.32 Å². The summed E-state index contributed by atoms with van der Waals surface area (Å²) in [7, 11) is 0. The fraction of sp³-hybridized carbons (Fsp3) is 0.684. The van der Waals surface area contributed by atoms with Crippen molar-refractivity contribution in [3.05, 3.63) is 35.9 Å². The highest BCUT2D eigenvalue weighted by Gasteiger charge is 2.48. The minimum atomic E-state index is 0.133. The average molecular weight is 285 g/mol. The molecule has 2 spiro atoms. The van der Waals surface area contributed by atoms with Gasteiger partial charge < -0.3 is 10.1 Å². The quantitative estimate of drug-likeness (QED) is 0.841. The summed E-state index contributed by atoms with van der Waals surface area (Å²) in [5.41, 5.74) is 1.83. The van der Waals surface area contributed by atoms with Gasteiger partial charge in [0.2, 0.25) is 0 Å². The molecule has 4 rings (SSSR count). The molecule has 2 heteroatoms. The first kappa shape index (κ1) is 13.8. The second kappa shape index (κ2) is 5.40. The zero-order chi connectivity index (χ0) is 14.2. The van der Waals surface area contributed by atoms with E-state index in [1.165, 1.54) is 56.9 Å². The van der Waals surface area contributed by atoms with E-state index in [0.29, 0.717) is 0 Å². The molecule has 1 aromatic rings. The number of rotatable bonds is 1. The molecule has 0 unspecified atom stereocenters. The Labute approximate surface area is 128 Å². The van der Waals surface area contributed by atoms with Crippen LogP contribution >= 0.6 is 0 Å². The Hall–Kier alpha value is -0.860. The fourth-order valence-corrected chi connectivity index (χ4v) is 4.83. The number of ether oxygens (including phenoxy) is 1. The Morgan fingerprint density at radius 2 is 1.48 bits per heavy atom. The van der Waals surface area contributed by atoms with Crippen LogP contribution in [0.3, 0.4) is 0 Å². The Balaban J connectivity index is 1.44. The zero-order valence-corrected chi connectivity index (χ0v) is 12.9. The van der Waals surface area contributed by atoms with E-state index in [4.69, 9.17) is 4.74 Å². The van der Waals surface area contributed by atoms with Crippen molar-refractivity contribution in [3.63, 3.8) is 0 Å². The van der Waals surface area contributed by atoms with Crippen LogP contribution in [0.15, 0.2) is 30.3 Å². The van der Waals surface area contributed by atoms with Gasteiger partial charge in [0.05, 0.1) is 11.2 Å². The summed E-state index contributed by atoms with van der Waals surface area (Å²) in [5.74, 6) is 0.738. The molecule has 1 heterocycles. The maximum atomic E-state index is 6.79. The van der Waals surface area contributed by atoms with Gasteiger partial charge in [0.1, 0.15) is 0 Å². The Kier molecular flexibility index (Phi) is 3.55. The monoisotopic (exact) mass is 285 g/mol. The molecule has 0 atom stereocenters. The molecule has 2 saturated carbocycles. The molecular weight excluding hydrogens is 258 g/mol. The van der Waals surface area contributed by atoms with Crippen molar-refractivity contribution >= 4 is 0 Å². The normalized spacial score (nSPS) is 35.3. The van der Waals surface area contributed by atoms with Crippen LogP contribution in [0.25, 0.3) is 0 Å². The molecule has 2 nitrogen and oxygen atoms in total. The van der Waals surface area contributed by atoms with Crippen molar-refractivity contribution in [2.24, 2.45) is 0 Å². The smallest absolute Gasteiger partial charge is 0.0814 e. The van der Waals surface area contributed by atoms with Gasteiger partial charge in [0.15, 0.2) is 0 Å². The highest BCUT2D eigenvalue weighted by atomic mass is 16.5. The standard InChI is InChI=1S/C19H27NO/c1-2-6-16(7-3-1)17-8-12-19(13-9-17)15-20-14-18(21-19)10-4-5-11-18/h1-3,6-7,17,20H,4-5,8-15H2. The maximum Gasteiger partial charge on any atom is 0.0814 e. The van der Waals surface area contributed by atoms with E-state index in [-0.39, 0.29) is 11.2 Å². The summed E-state index contributed by atoms with van der Waals surface area (Å²) < 4.78 is 6.79. The van der Waals surface area contributed by atoms with Crippen molar-refractivity contribution in [1.29, 1.82) is 0 Å². The SMILES string of the molecule is c1ccc(C2CCC3(CC2)CNCC2(CCCC2)O3)cc1.